The molecule has 0 heterocycles. The Kier molecular flexibility index (Phi) is 6.55. The van der Waals surface area contributed by atoms with Gasteiger partial charge in [-0.05, 0) is 24.5 Å². The van der Waals surface area contributed by atoms with Crippen LogP contribution in [0.4, 0.5) is 0 Å². The van der Waals surface area contributed by atoms with E-state index >= 15 is 0 Å². The molecule has 2 aromatic rings. The lowest BCUT2D eigenvalue weighted by atomic mass is 9.98. The first-order valence-corrected chi connectivity index (χ1v) is 8.05. The molecule has 0 saturated carbocycles. The Hall–Kier alpha value is -2.42. The fourth-order valence-electron chi connectivity index (χ4n) is 2.33. The van der Waals surface area contributed by atoms with Gasteiger partial charge in [0, 0.05) is 12.0 Å². The summed E-state index contributed by atoms with van der Waals surface area (Å²) in [6.07, 6.45) is 2.84. The van der Waals surface area contributed by atoms with E-state index in [4.69, 9.17) is 4.74 Å². The van der Waals surface area contributed by atoms with Crippen molar-refractivity contribution in [3.63, 3.8) is 0 Å². The van der Waals surface area contributed by atoms with Crippen LogP contribution in [0.3, 0.4) is 0 Å². The summed E-state index contributed by atoms with van der Waals surface area (Å²) >= 11 is 0. The van der Waals surface area contributed by atoms with E-state index in [1.54, 1.807) is 24.3 Å². The number of esters is 1. The van der Waals surface area contributed by atoms with Crippen LogP contribution in [-0.2, 0) is 11.2 Å². The molecule has 0 fully saturated rings. The van der Waals surface area contributed by atoms with Crippen molar-refractivity contribution < 1.29 is 14.3 Å². The van der Waals surface area contributed by atoms with E-state index in [1.807, 2.05) is 37.3 Å². The molecule has 0 bridgehead atoms. The highest BCUT2D eigenvalue weighted by molar-refractivity contribution is 6.06. The second-order valence-corrected chi connectivity index (χ2v) is 5.44. The SMILES string of the molecule is CCCCOC(=O)c1ccccc1C(=O)CCc1ccccc1. The number of hydrogen-bond donors (Lipinski definition) is 0. The third-order valence-electron chi connectivity index (χ3n) is 3.66. The molecule has 0 N–H and O–H groups in total. The molecule has 0 radical (unpaired) electrons. The number of Topliss-reactive ketones (excluding diaryl/α,β-unsaturated/α-hetero) is 1. The molecule has 0 saturated heterocycles. The second kappa shape index (κ2) is 8.89. The van der Waals surface area contributed by atoms with E-state index in [2.05, 4.69) is 0 Å². The predicted octanol–water partition coefficient (Wildman–Crippen LogP) is 4.46. The van der Waals surface area contributed by atoms with Crippen LogP contribution in [0.15, 0.2) is 54.6 Å². The number of ether oxygens (including phenoxy) is 1. The van der Waals surface area contributed by atoms with Crippen molar-refractivity contribution in [1.82, 2.24) is 0 Å². The molecule has 0 spiro atoms. The summed E-state index contributed by atoms with van der Waals surface area (Å²) in [5.41, 5.74) is 1.93. The van der Waals surface area contributed by atoms with Crippen LogP contribution < -0.4 is 0 Å². The van der Waals surface area contributed by atoms with Gasteiger partial charge >= 0.3 is 5.97 Å². The van der Waals surface area contributed by atoms with Gasteiger partial charge in [-0.2, -0.15) is 0 Å². The predicted molar refractivity (Wildman–Crippen MR) is 90.7 cm³/mol. The Balaban J connectivity index is 2.03. The highest BCUT2D eigenvalue weighted by Gasteiger charge is 2.17. The second-order valence-electron chi connectivity index (χ2n) is 5.44. The lowest BCUT2D eigenvalue weighted by Crippen LogP contribution is -2.13. The Labute approximate surface area is 137 Å². The van der Waals surface area contributed by atoms with Gasteiger partial charge < -0.3 is 4.74 Å². The summed E-state index contributed by atoms with van der Waals surface area (Å²) in [6, 6.07) is 16.7. The van der Waals surface area contributed by atoms with Crippen molar-refractivity contribution in [2.24, 2.45) is 0 Å². The van der Waals surface area contributed by atoms with Crippen LogP contribution in [0, 0.1) is 0 Å². The van der Waals surface area contributed by atoms with Gasteiger partial charge in [0.2, 0.25) is 0 Å². The lowest BCUT2D eigenvalue weighted by Gasteiger charge is -2.09. The summed E-state index contributed by atoms with van der Waals surface area (Å²) in [7, 11) is 0. The maximum absolute atomic E-state index is 12.5. The van der Waals surface area contributed by atoms with E-state index in [9.17, 15) is 9.59 Å². The molecule has 0 aliphatic heterocycles. The average molecular weight is 310 g/mol. The zero-order chi connectivity index (χ0) is 16.5. The molecule has 0 aliphatic carbocycles. The summed E-state index contributed by atoms with van der Waals surface area (Å²) in [5.74, 6) is -0.445. The molecule has 2 aromatic carbocycles. The van der Waals surface area contributed by atoms with Crippen LogP contribution in [0.5, 0.6) is 0 Å². The third-order valence-corrected chi connectivity index (χ3v) is 3.66. The molecule has 2 rings (SSSR count). The largest absolute Gasteiger partial charge is 0.462 e. The molecule has 3 heteroatoms. The van der Waals surface area contributed by atoms with Crippen molar-refractivity contribution in [3.8, 4) is 0 Å². The van der Waals surface area contributed by atoms with Crippen molar-refractivity contribution in [2.45, 2.75) is 32.6 Å². The number of ketones is 1. The number of hydrogen-bond acceptors (Lipinski definition) is 3. The monoisotopic (exact) mass is 310 g/mol. The number of aryl methyl sites for hydroxylation is 1. The smallest absolute Gasteiger partial charge is 0.338 e. The Bertz CT molecular complexity index is 647. The van der Waals surface area contributed by atoms with Crippen LogP contribution in [0.25, 0.3) is 0 Å². The number of benzene rings is 2. The third kappa shape index (κ3) is 5.06. The van der Waals surface area contributed by atoms with Crippen molar-refractivity contribution in [2.75, 3.05) is 6.61 Å². The Morgan fingerprint density at radius 3 is 2.26 bits per heavy atom. The number of carbonyl (C=O) groups excluding carboxylic acids is 2. The molecule has 23 heavy (non-hydrogen) atoms. The number of unbranched alkanes of at least 4 members (excludes halogenated alkanes) is 1. The average Bonchev–Trinajstić information content (AvgIpc) is 2.60. The van der Waals surface area contributed by atoms with Crippen molar-refractivity contribution in [1.29, 1.82) is 0 Å². The Morgan fingerprint density at radius 2 is 1.57 bits per heavy atom. The molecule has 3 nitrogen and oxygen atoms in total. The topological polar surface area (TPSA) is 43.4 Å². The van der Waals surface area contributed by atoms with E-state index in [-0.39, 0.29) is 5.78 Å². The van der Waals surface area contributed by atoms with Crippen molar-refractivity contribution >= 4 is 11.8 Å². The minimum atomic E-state index is -0.415. The summed E-state index contributed by atoms with van der Waals surface area (Å²) in [5, 5.41) is 0. The highest BCUT2D eigenvalue weighted by Crippen LogP contribution is 2.15. The minimum Gasteiger partial charge on any atom is -0.462 e. The van der Waals surface area contributed by atoms with Gasteiger partial charge in [-0.3, -0.25) is 4.79 Å². The van der Waals surface area contributed by atoms with Crippen LogP contribution >= 0.6 is 0 Å². The maximum Gasteiger partial charge on any atom is 0.338 e. The van der Waals surface area contributed by atoms with Crippen LogP contribution in [0.1, 0.15) is 52.5 Å². The van der Waals surface area contributed by atoms with Gasteiger partial charge in [-0.1, -0.05) is 61.9 Å². The van der Waals surface area contributed by atoms with Crippen molar-refractivity contribution in [3.05, 3.63) is 71.3 Å². The molecular formula is C20H22O3. The van der Waals surface area contributed by atoms with E-state index in [1.165, 1.54) is 0 Å². The standard InChI is InChI=1S/C20H22O3/c1-2-3-15-23-20(22)18-12-8-7-11-17(18)19(21)14-13-16-9-5-4-6-10-16/h4-12H,2-3,13-15H2,1H3. The molecule has 0 aromatic heterocycles. The van der Waals surface area contributed by atoms with Gasteiger partial charge in [0.15, 0.2) is 5.78 Å². The fourth-order valence-corrected chi connectivity index (χ4v) is 2.33. The van der Waals surface area contributed by atoms with Gasteiger partial charge in [0.1, 0.15) is 0 Å². The van der Waals surface area contributed by atoms with E-state index in [0.29, 0.717) is 30.6 Å². The molecule has 120 valence electrons. The van der Waals surface area contributed by atoms with E-state index in [0.717, 1.165) is 18.4 Å². The summed E-state index contributed by atoms with van der Waals surface area (Å²) in [6.45, 7) is 2.43. The molecule has 0 atom stereocenters. The van der Waals surface area contributed by atoms with Gasteiger partial charge in [-0.25, -0.2) is 4.79 Å². The first-order valence-electron chi connectivity index (χ1n) is 8.05. The highest BCUT2D eigenvalue weighted by atomic mass is 16.5. The lowest BCUT2D eigenvalue weighted by molar-refractivity contribution is 0.0496. The molecule has 0 amide bonds. The molecule has 0 aliphatic rings. The zero-order valence-electron chi connectivity index (χ0n) is 13.5. The van der Waals surface area contributed by atoms with Gasteiger partial charge in [-0.15, -0.1) is 0 Å². The zero-order valence-corrected chi connectivity index (χ0v) is 13.5. The first kappa shape index (κ1) is 16.9. The number of rotatable bonds is 8. The van der Waals surface area contributed by atoms with Crippen LogP contribution in [0.2, 0.25) is 0 Å². The number of carbonyl (C=O) groups is 2. The molecule has 0 unspecified atom stereocenters. The van der Waals surface area contributed by atoms with Gasteiger partial charge in [0.25, 0.3) is 0 Å². The quantitative estimate of drug-likeness (QED) is 0.411. The minimum absolute atomic E-state index is 0.0307. The van der Waals surface area contributed by atoms with E-state index < -0.39 is 5.97 Å². The molecular weight excluding hydrogens is 288 g/mol. The Morgan fingerprint density at radius 1 is 0.913 bits per heavy atom. The van der Waals surface area contributed by atoms with Gasteiger partial charge in [0.05, 0.1) is 12.2 Å². The first-order chi connectivity index (χ1) is 11.2. The fraction of sp³-hybridized carbons (Fsp3) is 0.300. The maximum atomic E-state index is 12.5. The normalized spacial score (nSPS) is 10.3. The van der Waals surface area contributed by atoms with Crippen LogP contribution in [-0.4, -0.2) is 18.4 Å². The summed E-state index contributed by atoms with van der Waals surface area (Å²) in [4.78, 5) is 24.6. The summed E-state index contributed by atoms with van der Waals surface area (Å²) < 4.78 is 5.23.